The molecule has 1 aromatic heterocycles. The largest absolute Gasteiger partial charge is 0.508 e. The van der Waals surface area contributed by atoms with Gasteiger partial charge in [-0.2, -0.15) is 0 Å². The zero-order chi connectivity index (χ0) is 11.5. The molecule has 0 aliphatic heterocycles. The summed E-state index contributed by atoms with van der Waals surface area (Å²) in [4.78, 5) is 4.09. The molecular weight excluding hydrogens is 204 g/mol. The summed E-state index contributed by atoms with van der Waals surface area (Å²) in [6.45, 7) is 0. The Hall–Kier alpha value is -1.81. The Balaban J connectivity index is 2.10. The Bertz CT molecular complexity index is 462. The van der Waals surface area contributed by atoms with Crippen LogP contribution in [-0.2, 0) is 13.5 Å². The highest BCUT2D eigenvalue weighted by molar-refractivity contribution is 5.26. The number of hydrogen-bond acceptors (Lipinski definition) is 3. The molecule has 1 unspecified atom stereocenters. The van der Waals surface area contributed by atoms with Crippen LogP contribution in [0.5, 0.6) is 5.75 Å². The van der Waals surface area contributed by atoms with Gasteiger partial charge in [0, 0.05) is 25.9 Å². The number of aromatic hydroxyl groups is 1. The lowest BCUT2D eigenvalue weighted by molar-refractivity contribution is 0.165. The van der Waals surface area contributed by atoms with Crippen molar-refractivity contribution < 1.29 is 10.2 Å². The van der Waals surface area contributed by atoms with Crippen LogP contribution in [0.25, 0.3) is 0 Å². The molecule has 0 fully saturated rings. The molecule has 2 rings (SSSR count). The van der Waals surface area contributed by atoms with E-state index < -0.39 is 6.10 Å². The highest BCUT2D eigenvalue weighted by Crippen LogP contribution is 2.18. The molecule has 0 saturated heterocycles. The van der Waals surface area contributed by atoms with Crippen molar-refractivity contribution in [2.24, 2.45) is 7.05 Å². The highest BCUT2D eigenvalue weighted by Gasteiger charge is 2.12. The molecule has 2 aromatic rings. The van der Waals surface area contributed by atoms with Gasteiger partial charge in [0.15, 0.2) is 0 Å². The number of aromatic nitrogens is 2. The van der Waals surface area contributed by atoms with Crippen LogP contribution >= 0.6 is 0 Å². The fourth-order valence-corrected chi connectivity index (χ4v) is 1.64. The third-order valence-electron chi connectivity index (χ3n) is 2.52. The van der Waals surface area contributed by atoms with Crippen LogP contribution < -0.4 is 0 Å². The van der Waals surface area contributed by atoms with Crippen LogP contribution in [0.2, 0.25) is 0 Å². The fourth-order valence-electron chi connectivity index (χ4n) is 1.64. The summed E-state index contributed by atoms with van der Waals surface area (Å²) in [7, 11) is 1.85. The first-order chi connectivity index (χ1) is 7.66. The second kappa shape index (κ2) is 4.37. The van der Waals surface area contributed by atoms with E-state index in [1.54, 1.807) is 41.2 Å². The summed E-state index contributed by atoms with van der Waals surface area (Å²) < 4.78 is 1.80. The van der Waals surface area contributed by atoms with Crippen LogP contribution in [0.1, 0.15) is 17.5 Å². The molecule has 0 amide bonds. The standard InChI is InChI=1S/C12H14N2O2/c1-14-7-6-13-12(14)11(16)8-9-2-4-10(15)5-3-9/h2-7,11,15-16H,8H2,1H3. The Morgan fingerprint density at radius 2 is 2.00 bits per heavy atom. The van der Waals surface area contributed by atoms with Crippen LogP contribution in [-0.4, -0.2) is 19.8 Å². The average molecular weight is 218 g/mol. The first-order valence-electron chi connectivity index (χ1n) is 5.10. The maximum atomic E-state index is 9.97. The number of phenolic OH excluding ortho intramolecular Hbond substituents is 1. The minimum absolute atomic E-state index is 0.232. The molecule has 4 heteroatoms. The maximum Gasteiger partial charge on any atom is 0.137 e. The maximum absolute atomic E-state index is 9.97. The van der Waals surface area contributed by atoms with E-state index in [1.165, 1.54) is 0 Å². The number of rotatable bonds is 3. The van der Waals surface area contributed by atoms with Crippen LogP contribution in [0, 0.1) is 0 Å². The number of aryl methyl sites for hydroxylation is 1. The van der Waals surface area contributed by atoms with E-state index >= 15 is 0 Å². The number of imidazole rings is 1. The Kier molecular flexibility index (Phi) is 2.92. The molecule has 16 heavy (non-hydrogen) atoms. The summed E-state index contributed by atoms with van der Waals surface area (Å²) in [5.41, 5.74) is 0.966. The van der Waals surface area contributed by atoms with Crippen molar-refractivity contribution in [2.75, 3.05) is 0 Å². The number of hydrogen-bond donors (Lipinski definition) is 2. The molecule has 0 bridgehead atoms. The molecule has 84 valence electrons. The second-order valence-electron chi connectivity index (χ2n) is 3.78. The molecule has 0 radical (unpaired) electrons. The normalized spacial score (nSPS) is 12.6. The molecular formula is C12H14N2O2. The Morgan fingerprint density at radius 1 is 1.31 bits per heavy atom. The highest BCUT2D eigenvalue weighted by atomic mass is 16.3. The van der Waals surface area contributed by atoms with E-state index in [1.807, 2.05) is 7.05 Å². The number of phenols is 1. The molecule has 0 spiro atoms. The molecule has 0 saturated carbocycles. The molecule has 1 aromatic carbocycles. The van der Waals surface area contributed by atoms with Crippen molar-refractivity contribution >= 4 is 0 Å². The van der Waals surface area contributed by atoms with Gasteiger partial charge in [0.25, 0.3) is 0 Å². The van der Waals surface area contributed by atoms with Gasteiger partial charge in [0.2, 0.25) is 0 Å². The van der Waals surface area contributed by atoms with Gasteiger partial charge < -0.3 is 14.8 Å². The summed E-state index contributed by atoms with van der Waals surface area (Å²) in [6, 6.07) is 6.81. The molecule has 0 aliphatic rings. The summed E-state index contributed by atoms with van der Waals surface area (Å²) in [5.74, 6) is 0.878. The van der Waals surface area contributed by atoms with Crippen molar-refractivity contribution in [3.8, 4) is 5.75 Å². The predicted molar refractivity (Wildman–Crippen MR) is 60.0 cm³/mol. The van der Waals surface area contributed by atoms with Crippen molar-refractivity contribution in [3.05, 3.63) is 48.0 Å². The zero-order valence-corrected chi connectivity index (χ0v) is 9.04. The van der Waals surface area contributed by atoms with E-state index in [-0.39, 0.29) is 5.75 Å². The SMILES string of the molecule is Cn1ccnc1C(O)Cc1ccc(O)cc1. The molecule has 1 heterocycles. The molecule has 4 nitrogen and oxygen atoms in total. The van der Waals surface area contributed by atoms with Crippen LogP contribution in [0.15, 0.2) is 36.7 Å². The lowest BCUT2D eigenvalue weighted by Gasteiger charge is -2.10. The lowest BCUT2D eigenvalue weighted by atomic mass is 10.1. The van der Waals surface area contributed by atoms with Crippen molar-refractivity contribution in [1.82, 2.24) is 9.55 Å². The van der Waals surface area contributed by atoms with Gasteiger partial charge in [-0.05, 0) is 17.7 Å². The molecule has 0 aliphatic carbocycles. The topological polar surface area (TPSA) is 58.3 Å². The van der Waals surface area contributed by atoms with Crippen LogP contribution in [0.4, 0.5) is 0 Å². The van der Waals surface area contributed by atoms with Crippen molar-refractivity contribution in [2.45, 2.75) is 12.5 Å². The minimum atomic E-state index is -0.621. The van der Waals surface area contributed by atoms with Gasteiger partial charge in [0.05, 0.1) is 0 Å². The summed E-state index contributed by atoms with van der Waals surface area (Å²) in [5, 5.41) is 19.1. The predicted octanol–water partition coefficient (Wildman–Crippen LogP) is 1.40. The molecule has 1 atom stereocenters. The zero-order valence-electron chi connectivity index (χ0n) is 9.04. The van der Waals surface area contributed by atoms with Gasteiger partial charge in [-0.1, -0.05) is 12.1 Å². The van der Waals surface area contributed by atoms with Gasteiger partial charge in [-0.3, -0.25) is 0 Å². The quantitative estimate of drug-likeness (QED) is 0.818. The monoisotopic (exact) mass is 218 g/mol. The van der Waals surface area contributed by atoms with Gasteiger partial charge in [-0.25, -0.2) is 4.98 Å². The summed E-state index contributed by atoms with van der Waals surface area (Å²) >= 11 is 0. The fraction of sp³-hybridized carbons (Fsp3) is 0.250. The Morgan fingerprint density at radius 3 is 2.56 bits per heavy atom. The van der Waals surface area contributed by atoms with Gasteiger partial charge in [-0.15, -0.1) is 0 Å². The number of aliphatic hydroxyl groups is 1. The third-order valence-corrected chi connectivity index (χ3v) is 2.52. The number of aliphatic hydroxyl groups excluding tert-OH is 1. The lowest BCUT2D eigenvalue weighted by Crippen LogP contribution is -2.08. The van der Waals surface area contributed by atoms with Crippen molar-refractivity contribution in [1.29, 1.82) is 0 Å². The number of benzene rings is 1. The van der Waals surface area contributed by atoms with Gasteiger partial charge >= 0.3 is 0 Å². The van der Waals surface area contributed by atoms with Crippen molar-refractivity contribution in [3.63, 3.8) is 0 Å². The average Bonchev–Trinajstić information content (AvgIpc) is 2.68. The Labute approximate surface area is 93.8 Å². The smallest absolute Gasteiger partial charge is 0.137 e. The van der Waals surface area contributed by atoms with E-state index in [9.17, 15) is 5.11 Å². The van der Waals surface area contributed by atoms with Crippen LogP contribution in [0.3, 0.4) is 0 Å². The first-order valence-corrected chi connectivity index (χ1v) is 5.10. The number of nitrogens with zero attached hydrogens (tertiary/aromatic N) is 2. The molecule has 2 N–H and O–H groups in total. The van der Waals surface area contributed by atoms with E-state index in [2.05, 4.69) is 4.98 Å². The van der Waals surface area contributed by atoms with Gasteiger partial charge in [0.1, 0.15) is 17.7 Å². The van der Waals surface area contributed by atoms with E-state index in [4.69, 9.17) is 5.11 Å². The third kappa shape index (κ3) is 2.23. The second-order valence-corrected chi connectivity index (χ2v) is 3.78. The first kappa shape index (κ1) is 10.7. The van der Waals surface area contributed by atoms with E-state index in [0.29, 0.717) is 12.2 Å². The minimum Gasteiger partial charge on any atom is -0.508 e. The van der Waals surface area contributed by atoms with E-state index in [0.717, 1.165) is 5.56 Å². The summed E-state index contributed by atoms with van der Waals surface area (Å²) in [6.07, 6.45) is 3.33.